The summed E-state index contributed by atoms with van der Waals surface area (Å²) in [6, 6.07) is -0.138. The van der Waals surface area contributed by atoms with Crippen LogP contribution in [0.25, 0.3) is 0 Å². The summed E-state index contributed by atoms with van der Waals surface area (Å²) in [6.45, 7) is 2.85. The van der Waals surface area contributed by atoms with Crippen LogP contribution >= 0.6 is 11.6 Å². The van der Waals surface area contributed by atoms with Crippen molar-refractivity contribution in [3.63, 3.8) is 0 Å². The first-order valence-corrected chi connectivity index (χ1v) is 6.53. The van der Waals surface area contributed by atoms with Crippen molar-refractivity contribution >= 4 is 17.5 Å². The predicted molar refractivity (Wildman–Crippen MR) is 64.9 cm³/mol. The third-order valence-electron chi connectivity index (χ3n) is 3.02. The van der Waals surface area contributed by atoms with Gasteiger partial charge in [-0.15, -0.1) is 21.8 Å². The van der Waals surface area contributed by atoms with Crippen molar-refractivity contribution in [2.75, 3.05) is 5.88 Å². The zero-order valence-electron chi connectivity index (χ0n) is 9.95. The van der Waals surface area contributed by atoms with Gasteiger partial charge >= 0.3 is 0 Å². The Hall–Kier alpha value is -1.10. The summed E-state index contributed by atoms with van der Waals surface area (Å²) in [6.07, 6.45) is 4.52. The highest BCUT2D eigenvalue weighted by Gasteiger charge is 2.19. The minimum atomic E-state index is -0.176. The molecule has 0 saturated carbocycles. The molecular weight excluding hydrogens is 240 g/mol. The van der Waals surface area contributed by atoms with Gasteiger partial charge in [0.2, 0.25) is 5.91 Å². The van der Waals surface area contributed by atoms with E-state index in [2.05, 4.69) is 20.1 Å². The molecule has 0 bridgehead atoms. The molecule has 1 aliphatic heterocycles. The van der Waals surface area contributed by atoms with Crippen molar-refractivity contribution in [3.05, 3.63) is 11.6 Å². The molecule has 94 valence electrons. The van der Waals surface area contributed by atoms with Crippen LogP contribution in [0.15, 0.2) is 0 Å². The minimum Gasteiger partial charge on any atom is -0.345 e. The van der Waals surface area contributed by atoms with E-state index in [1.165, 1.54) is 12.8 Å². The lowest BCUT2D eigenvalue weighted by Crippen LogP contribution is -2.29. The number of alkyl halides is 1. The first-order valence-electron chi connectivity index (χ1n) is 5.99. The number of rotatable bonds is 3. The Morgan fingerprint density at radius 2 is 2.29 bits per heavy atom. The number of halogens is 1. The van der Waals surface area contributed by atoms with Gasteiger partial charge < -0.3 is 9.88 Å². The van der Waals surface area contributed by atoms with Crippen LogP contribution < -0.4 is 5.32 Å². The van der Waals surface area contributed by atoms with Gasteiger partial charge in [-0.3, -0.25) is 4.79 Å². The fourth-order valence-corrected chi connectivity index (χ4v) is 2.25. The normalized spacial score (nSPS) is 17.1. The molecule has 0 fully saturated rings. The quantitative estimate of drug-likeness (QED) is 0.832. The summed E-state index contributed by atoms with van der Waals surface area (Å²) in [5, 5.41) is 11.2. The molecule has 0 spiro atoms. The number of aryl methyl sites for hydroxylation is 1. The molecule has 2 heterocycles. The molecule has 1 aromatic rings. The van der Waals surface area contributed by atoms with Crippen molar-refractivity contribution in [2.24, 2.45) is 0 Å². The monoisotopic (exact) mass is 256 g/mol. The molecule has 1 amide bonds. The highest BCUT2D eigenvalue weighted by atomic mass is 35.5. The Kier molecular flexibility index (Phi) is 3.99. The predicted octanol–water partition coefficient (Wildman–Crippen LogP) is 1.42. The third-order valence-corrected chi connectivity index (χ3v) is 3.27. The van der Waals surface area contributed by atoms with Crippen LogP contribution in [-0.4, -0.2) is 26.6 Å². The number of aromatic nitrogens is 3. The van der Waals surface area contributed by atoms with Crippen molar-refractivity contribution in [1.29, 1.82) is 0 Å². The molecule has 0 aromatic carbocycles. The zero-order chi connectivity index (χ0) is 12.3. The molecule has 0 saturated heterocycles. The number of nitrogens with one attached hydrogen (secondary N) is 1. The highest BCUT2D eigenvalue weighted by molar-refractivity contribution is 6.27. The summed E-state index contributed by atoms with van der Waals surface area (Å²) in [4.78, 5) is 11.3. The topological polar surface area (TPSA) is 59.8 Å². The van der Waals surface area contributed by atoms with Gasteiger partial charge in [0.1, 0.15) is 11.7 Å². The molecule has 17 heavy (non-hydrogen) atoms. The second-order valence-electron chi connectivity index (χ2n) is 4.36. The number of nitrogens with zero attached hydrogens (tertiary/aromatic N) is 3. The average Bonchev–Trinajstić information content (AvgIpc) is 2.58. The molecule has 0 radical (unpaired) electrons. The maximum atomic E-state index is 11.3. The van der Waals surface area contributed by atoms with E-state index in [1.807, 2.05) is 6.92 Å². The van der Waals surface area contributed by atoms with Crippen LogP contribution in [0.2, 0.25) is 0 Å². The first-order chi connectivity index (χ1) is 8.22. The molecule has 5 nitrogen and oxygen atoms in total. The SMILES string of the molecule is CC(NC(=O)CCl)c1nnc2n1CCCCC2. The number of carbonyl (C=O) groups is 1. The Morgan fingerprint density at radius 3 is 3.06 bits per heavy atom. The largest absolute Gasteiger partial charge is 0.345 e. The van der Waals surface area contributed by atoms with Crippen molar-refractivity contribution in [3.8, 4) is 0 Å². The van der Waals surface area contributed by atoms with Crippen LogP contribution in [0, 0.1) is 0 Å². The van der Waals surface area contributed by atoms with Crippen LogP contribution in [0.4, 0.5) is 0 Å². The molecule has 1 atom stereocenters. The summed E-state index contributed by atoms with van der Waals surface area (Å²) < 4.78 is 2.13. The fraction of sp³-hybridized carbons (Fsp3) is 0.727. The minimum absolute atomic E-state index is 0.0225. The smallest absolute Gasteiger partial charge is 0.235 e. The Labute approximate surface area is 106 Å². The van der Waals surface area contributed by atoms with E-state index in [4.69, 9.17) is 11.6 Å². The van der Waals surface area contributed by atoms with Crippen molar-refractivity contribution in [2.45, 2.75) is 45.2 Å². The second kappa shape index (κ2) is 5.49. The van der Waals surface area contributed by atoms with E-state index >= 15 is 0 Å². The lowest BCUT2D eigenvalue weighted by molar-refractivity contribution is -0.119. The van der Waals surface area contributed by atoms with E-state index < -0.39 is 0 Å². The Bertz CT molecular complexity index is 404. The molecule has 2 rings (SSSR count). The second-order valence-corrected chi connectivity index (χ2v) is 4.63. The number of hydrogen-bond acceptors (Lipinski definition) is 3. The highest BCUT2D eigenvalue weighted by Crippen LogP contribution is 2.18. The van der Waals surface area contributed by atoms with Gasteiger partial charge in [0, 0.05) is 13.0 Å². The maximum Gasteiger partial charge on any atom is 0.235 e. The van der Waals surface area contributed by atoms with Gasteiger partial charge in [-0.25, -0.2) is 0 Å². The summed E-state index contributed by atoms with van der Waals surface area (Å²) in [5.74, 6) is 1.67. The van der Waals surface area contributed by atoms with E-state index in [0.29, 0.717) is 0 Å². The van der Waals surface area contributed by atoms with Crippen LogP contribution in [0.1, 0.15) is 43.9 Å². The van der Waals surface area contributed by atoms with E-state index in [-0.39, 0.29) is 17.8 Å². The summed E-state index contributed by atoms with van der Waals surface area (Å²) in [5.41, 5.74) is 0. The van der Waals surface area contributed by atoms with Crippen LogP contribution in [0.5, 0.6) is 0 Å². The first kappa shape index (κ1) is 12.4. The van der Waals surface area contributed by atoms with Crippen molar-refractivity contribution in [1.82, 2.24) is 20.1 Å². The molecule has 1 unspecified atom stereocenters. The van der Waals surface area contributed by atoms with E-state index in [9.17, 15) is 4.79 Å². The third kappa shape index (κ3) is 2.77. The Morgan fingerprint density at radius 1 is 1.47 bits per heavy atom. The standard InChI is InChI=1S/C11H17ClN4O/c1-8(13-10(17)7-12)11-15-14-9-5-3-2-4-6-16(9)11/h8H,2-7H2,1H3,(H,13,17). The summed E-state index contributed by atoms with van der Waals surface area (Å²) in [7, 11) is 0. The number of carbonyl (C=O) groups excluding carboxylic acids is 1. The maximum absolute atomic E-state index is 11.3. The molecular formula is C11H17ClN4O. The van der Waals surface area contributed by atoms with Crippen molar-refractivity contribution < 1.29 is 4.79 Å². The molecule has 1 aliphatic rings. The van der Waals surface area contributed by atoms with Crippen LogP contribution in [0.3, 0.4) is 0 Å². The number of fused-ring (bicyclic) bond motifs is 1. The molecule has 0 aliphatic carbocycles. The average molecular weight is 257 g/mol. The Balaban J connectivity index is 2.15. The zero-order valence-corrected chi connectivity index (χ0v) is 10.7. The lowest BCUT2D eigenvalue weighted by atomic mass is 10.2. The van der Waals surface area contributed by atoms with E-state index in [0.717, 1.165) is 31.0 Å². The number of hydrogen-bond donors (Lipinski definition) is 1. The molecule has 1 aromatic heterocycles. The van der Waals surface area contributed by atoms with Gasteiger partial charge in [0.05, 0.1) is 6.04 Å². The van der Waals surface area contributed by atoms with E-state index in [1.54, 1.807) is 0 Å². The molecule has 1 N–H and O–H groups in total. The van der Waals surface area contributed by atoms with Gasteiger partial charge in [0.15, 0.2) is 5.82 Å². The lowest BCUT2D eigenvalue weighted by Gasteiger charge is -2.14. The molecule has 6 heteroatoms. The van der Waals surface area contributed by atoms with Gasteiger partial charge in [-0.1, -0.05) is 6.42 Å². The summed E-state index contributed by atoms with van der Waals surface area (Å²) >= 11 is 5.47. The van der Waals surface area contributed by atoms with Gasteiger partial charge in [0.25, 0.3) is 0 Å². The number of amides is 1. The van der Waals surface area contributed by atoms with Gasteiger partial charge in [-0.05, 0) is 19.8 Å². The van der Waals surface area contributed by atoms with Crippen LogP contribution in [-0.2, 0) is 17.8 Å². The fourth-order valence-electron chi connectivity index (χ4n) is 2.17. The van der Waals surface area contributed by atoms with Gasteiger partial charge in [-0.2, -0.15) is 0 Å².